The van der Waals surface area contributed by atoms with E-state index in [4.69, 9.17) is 19.9 Å². The van der Waals surface area contributed by atoms with Gasteiger partial charge >= 0.3 is 0 Å². The number of carbonyl (C=O) groups is 2. The van der Waals surface area contributed by atoms with E-state index in [1.54, 1.807) is 14.0 Å². The number of benzene rings is 1. The summed E-state index contributed by atoms with van der Waals surface area (Å²) in [7, 11) is 1.65. The van der Waals surface area contributed by atoms with E-state index in [0.717, 1.165) is 31.2 Å². The van der Waals surface area contributed by atoms with Crippen molar-refractivity contribution in [2.45, 2.75) is 91.3 Å². The highest BCUT2D eigenvalue weighted by molar-refractivity contribution is 5.96. The molecule has 0 spiro atoms. The standard InChI is InChI=1S/C31H52N2O6/c1-20(2)24(16-23-8-9-26(22(5)34)30(17-23)39-13-7-12-37-6)18-28(32)29(35)19-27(21(3)4)31(36)33-25-10-14-38-15-11-25/h8-9,17,20-21,24-25,27-29,35H,7,10-16,18-19,32H2,1-6H3,(H,33,36). The maximum absolute atomic E-state index is 13.1. The van der Waals surface area contributed by atoms with Gasteiger partial charge in [0.25, 0.3) is 0 Å². The van der Waals surface area contributed by atoms with Gasteiger partial charge in [0.15, 0.2) is 5.78 Å². The Morgan fingerprint density at radius 2 is 1.79 bits per heavy atom. The number of nitrogens with one attached hydrogen (secondary N) is 1. The molecule has 222 valence electrons. The summed E-state index contributed by atoms with van der Waals surface area (Å²) in [4.78, 5) is 25.2. The van der Waals surface area contributed by atoms with E-state index in [-0.39, 0.29) is 35.5 Å². The van der Waals surface area contributed by atoms with Gasteiger partial charge in [0.2, 0.25) is 5.91 Å². The fourth-order valence-electron chi connectivity index (χ4n) is 5.16. The first kappa shape index (κ1) is 33.2. The van der Waals surface area contributed by atoms with E-state index < -0.39 is 12.1 Å². The first-order valence-electron chi connectivity index (χ1n) is 14.6. The summed E-state index contributed by atoms with van der Waals surface area (Å²) in [6, 6.07) is 5.45. The lowest BCUT2D eigenvalue weighted by Gasteiger charge is -2.31. The summed E-state index contributed by atoms with van der Waals surface area (Å²) in [5.74, 6) is 0.894. The molecule has 1 saturated heterocycles. The molecular formula is C31H52N2O6. The molecule has 0 bridgehead atoms. The minimum Gasteiger partial charge on any atom is -0.493 e. The Hall–Kier alpha value is -2.00. The zero-order valence-corrected chi connectivity index (χ0v) is 24.9. The van der Waals surface area contributed by atoms with E-state index >= 15 is 0 Å². The summed E-state index contributed by atoms with van der Waals surface area (Å²) in [6.45, 7) is 12.3. The van der Waals surface area contributed by atoms with E-state index in [9.17, 15) is 14.7 Å². The van der Waals surface area contributed by atoms with Gasteiger partial charge in [0.1, 0.15) is 5.75 Å². The molecule has 1 aromatic rings. The maximum Gasteiger partial charge on any atom is 0.223 e. The minimum atomic E-state index is -0.779. The fraction of sp³-hybridized carbons (Fsp3) is 0.742. The summed E-state index contributed by atoms with van der Waals surface area (Å²) in [6.07, 6.45) is 3.32. The van der Waals surface area contributed by atoms with E-state index in [0.29, 0.717) is 56.5 Å². The Balaban J connectivity index is 2.04. The van der Waals surface area contributed by atoms with Gasteiger partial charge < -0.3 is 30.4 Å². The average Bonchev–Trinajstić information content (AvgIpc) is 2.89. The number of nitrogens with two attached hydrogens (primary N) is 1. The normalized spacial score (nSPS) is 17.6. The lowest BCUT2D eigenvalue weighted by molar-refractivity contribution is -0.129. The number of ether oxygens (including phenoxy) is 3. The van der Waals surface area contributed by atoms with Crippen LogP contribution in [0.25, 0.3) is 0 Å². The summed E-state index contributed by atoms with van der Waals surface area (Å²) in [5.41, 5.74) is 8.19. The van der Waals surface area contributed by atoms with E-state index in [1.807, 2.05) is 32.0 Å². The number of hydrogen-bond donors (Lipinski definition) is 3. The third-order valence-electron chi connectivity index (χ3n) is 7.89. The highest BCUT2D eigenvalue weighted by Gasteiger charge is 2.31. The van der Waals surface area contributed by atoms with Crippen molar-refractivity contribution in [1.82, 2.24) is 5.32 Å². The molecule has 1 fully saturated rings. The molecule has 39 heavy (non-hydrogen) atoms. The number of hydrogen-bond acceptors (Lipinski definition) is 7. The second-order valence-electron chi connectivity index (χ2n) is 11.7. The van der Waals surface area contributed by atoms with Crippen LogP contribution in [-0.4, -0.2) is 68.5 Å². The number of methoxy groups -OCH3 is 1. The first-order valence-corrected chi connectivity index (χ1v) is 14.6. The van der Waals surface area contributed by atoms with Crippen molar-refractivity contribution in [1.29, 1.82) is 0 Å². The van der Waals surface area contributed by atoms with Gasteiger partial charge in [-0.25, -0.2) is 0 Å². The second kappa shape index (κ2) is 17.0. The monoisotopic (exact) mass is 548 g/mol. The van der Waals surface area contributed by atoms with Crippen LogP contribution in [0.4, 0.5) is 0 Å². The third-order valence-corrected chi connectivity index (χ3v) is 7.89. The van der Waals surface area contributed by atoms with E-state index in [2.05, 4.69) is 19.2 Å². The van der Waals surface area contributed by atoms with Crippen molar-refractivity contribution in [3.05, 3.63) is 29.3 Å². The Bertz CT molecular complexity index is 884. The number of aliphatic hydroxyl groups is 1. The lowest BCUT2D eigenvalue weighted by Crippen LogP contribution is -2.46. The van der Waals surface area contributed by atoms with E-state index in [1.165, 1.54) is 0 Å². The lowest BCUT2D eigenvalue weighted by atomic mass is 9.80. The second-order valence-corrected chi connectivity index (χ2v) is 11.7. The van der Waals surface area contributed by atoms with Crippen molar-refractivity contribution in [3.63, 3.8) is 0 Å². The zero-order valence-electron chi connectivity index (χ0n) is 24.9. The van der Waals surface area contributed by atoms with Crippen molar-refractivity contribution >= 4 is 11.7 Å². The molecule has 0 aliphatic carbocycles. The number of rotatable bonds is 17. The number of Topliss-reactive ketones (excluding diaryl/α,β-unsaturated/α-hetero) is 1. The van der Waals surface area contributed by atoms with Gasteiger partial charge in [-0.05, 0) is 74.5 Å². The molecule has 1 aliphatic rings. The highest BCUT2D eigenvalue weighted by atomic mass is 16.5. The molecule has 0 radical (unpaired) electrons. The molecule has 1 amide bonds. The van der Waals surface area contributed by atoms with Gasteiger partial charge in [-0.3, -0.25) is 9.59 Å². The van der Waals surface area contributed by atoms with Gasteiger partial charge in [-0.15, -0.1) is 0 Å². The van der Waals surface area contributed by atoms with Crippen LogP contribution < -0.4 is 15.8 Å². The predicted molar refractivity (Wildman–Crippen MR) is 154 cm³/mol. The van der Waals surface area contributed by atoms with Crippen LogP contribution >= 0.6 is 0 Å². The topological polar surface area (TPSA) is 120 Å². The molecule has 8 heteroatoms. The van der Waals surface area contributed by atoms with Crippen molar-refractivity contribution in [2.75, 3.05) is 33.5 Å². The van der Waals surface area contributed by atoms with Crippen LogP contribution in [-0.2, 0) is 20.7 Å². The number of ketones is 1. The fourth-order valence-corrected chi connectivity index (χ4v) is 5.16. The molecule has 1 heterocycles. The van der Waals surface area contributed by atoms with Crippen LogP contribution in [0.15, 0.2) is 18.2 Å². The number of carbonyl (C=O) groups excluding carboxylic acids is 2. The predicted octanol–water partition coefficient (Wildman–Crippen LogP) is 4.16. The SMILES string of the molecule is COCCCOc1cc(CC(CC(N)C(O)CC(C(=O)NC2CCOCC2)C(C)C)C(C)C)ccc1C(C)=O. The van der Waals surface area contributed by atoms with Crippen LogP contribution in [0.3, 0.4) is 0 Å². The quantitative estimate of drug-likeness (QED) is 0.198. The smallest absolute Gasteiger partial charge is 0.223 e. The number of amides is 1. The minimum absolute atomic E-state index is 0.00727. The molecule has 0 aromatic heterocycles. The number of aliphatic hydroxyl groups excluding tert-OH is 1. The summed E-state index contributed by atoms with van der Waals surface area (Å²) in [5, 5.41) is 14.2. The Labute approximate surface area is 235 Å². The largest absolute Gasteiger partial charge is 0.493 e. The third kappa shape index (κ3) is 11.2. The summed E-state index contributed by atoms with van der Waals surface area (Å²) < 4.78 is 16.4. The molecule has 8 nitrogen and oxygen atoms in total. The van der Waals surface area contributed by atoms with Gasteiger partial charge in [0, 0.05) is 51.4 Å². The molecule has 4 atom stereocenters. The van der Waals surface area contributed by atoms with Crippen LogP contribution in [0.2, 0.25) is 0 Å². The molecule has 1 aliphatic heterocycles. The molecule has 0 saturated carbocycles. The summed E-state index contributed by atoms with van der Waals surface area (Å²) >= 11 is 0. The zero-order chi connectivity index (χ0) is 28.9. The highest BCUT2D eigenvalue weighted by Crippen LogP contribution is 2.29. The Kier molecular flexibility index (Phi) is 14.4. The molecule has 1 aromatic carbocycles. The van der Waals surface area contributed by atoms with Gasteiger partial charge in [0.05, 0.1) is 18.3 Å². The van der Waals surface area contributed by atoms with Crippen molar-refractivity contribution in [2.24, 2.45) is 29.4 Å². The molecule has 4 unspecified atom stereocenters. The van der Waals surface area contributed by atoms with Gasteiger partial charge in [-0.1, -0.05) is 33.8 Å². The van der Waals surface area contributed by atoms with Crippen LogP contribution in [0.1, 0.15) is 82.6 Å². The molecule has 2 rings (SSSR count). The Morgan fingerprint density at radius 1 is 1.10 bits per heavy atom. The van der Waals surface area contributed by atoms with Crippen LogP contribution in [0.5, 0.6) is 5.75 Å². The first-order chi connectivity index (χ1) is 18.5. The molecule has 4 N–H and O–H groups in total. The molecular weight excluding hydrogens is 496 g/mol. The van der Waals surface area contributed by atoms with Crippen molar-refractivity contribution < 1.29 is 28.9 Å². The van der Waals surface area contributed by atoms with Crippen molar-refractivity contribution in [3.8, 4) is 5.75 Å². The maximum atomic E-state index is 13.1. The Morgan fingerprint density at radius 3 is 2.38 bits per heavy atom. The van der Waals surface area contributed by atoms with Crippen LogP contribution in [0, 0.1) is 23.7 Å². The van der Waals surface area contributed by atoms with Gasteiger partial charge in [-0.2, -0.15) is 0 Å². The average molecular weight is 549 g/mol.